The van der Waals surface area contributed by atoms with Gasteiger partial charge in [-0.25, -0.2) is 0 Å². The Morgan fingerprint density at radius 2 is 2.22 bits per heavy atom. The van der Waals surface area contributed by atoms with Crippen molar-refractivity contribution in [1.82, 2.24) is 4.90 Å². The molecule has 2 rings (SSSR count). The summed E-state index contributed by atoms with van der Waals surface area (Å²) in [5, 5.41) is 8.70. The van der Waals surface area contributed by atoms with Crippen LogP contribution in [0.1, 0.15) is 17.5 Å². The van der Waals surface area contributed by atoms with Gasteiger partial charge in [0.05, 0.1) is 24.2 Å². The third-order valence-electron chi connectivity index (χ3n) is 3.27. The van der Waals surface area contributed by atoms with Gasteiger partial charge in [-0.2, -0.15) is 5.26 Å². The van der Waals surface area contributed by atoms with E-state index in [1.165, 1.54) is 0 Å². The molecule has 1 unspecified atom stereocenters. The van der Waals surface area contributed by atoms with E-state index >= 15 is 0 Å². The summed E-state index contributed by atoms with van der Waals surface area (Å²) in [6, 6.07) is 9.21. The minimum atomic E-state index is 0.124. The van der Waals surface area contributed by atoms with Gasteiger partial charge in [0.1, 0.15) is 0 Å². The number of likely N-dealkylation sites (tertiary alicyclic amines) is 1. The summed E-state index contributed by atoms with van der Waals surface area (Å²) in [7, 11) is 1.68. The van der Waals surface area contributed by atoms with Gasteiger partial charge in [0.15, 0.2) is 0 Å². The Kier molecular flexibility index (Phi) is 3.96. The molecule has 0 aromatic heterocycles. The standard InChI is InChI=1S/C14H16N2O2/c1-18-13-6-7-16(10-13)14(17)8-11-2-4-12(9-15)5-3-11/h2-5,13H,6-8,10H2,1H3. The molecule has 0 aliphatic carbocycles. The largest absolute Gasteiger partial charge is 0.380 e. The number of nitrogens with zero attached hydrogens (tertiary/aromatic N) is 2. The van der Waals surface area contributed by atoms with Crippen molar-refractivity contribution in [2.45, 2.75) is 18.9 Å². The lowest BCUT2D eigenvalue weighted by molar-refractivity contribution is -0.129. The van der Waals surface area contributed by atoms with Crippen molar-refractivity contribution < 1.29 is 9.53 Å². The average Bonchev–Trinajstić information content (AvgIpc) is 2.88. The van der Waals surface area contributed by atoms with Gasteiger partial charge in [-0.3, -0.25) is 4.79 Å². The summed E-state index contributed by atoms with van der Waals surface area (Å²) >= 11 is 0. The highest BCUT2D eigenvalue weighted by atomic mass is 16.5. The van der Waals surface area contributed by atoms with Crippen LogP contribution in [0.5, 0.6) is 0 Å². The zero-order valence-corrected chi connectivity index (χ0v) is 10.4. The molecule has 1 fully saturated rings. The molecular formula is C14H16N2O2. The summed E-state index contributed by atoms with van der Waals surface area (Å²) in [5.41, 5.74) is 1.56. The highest BCUT2D eigenvalue weighted by Crippen LogP contribution is 2.14. The van der Waals surface area contributed by atoms with Gasteiger partial charge in [0.2, 0.25) is 5.91 Å². The number of benzene rings is 1. The second-order valence-corrected chi connectivity index (χ2v) is 4.47. The van der Waals surface area contributed by atoms with E-state index in [0.717, 1.165) is 18.5 Å². The second kappa shape index (κ2) is 5.65. The minimum Gasteiger partial charge on any atom is -0.380 e. The number of rotatable bonds is 3. The third kappa shape index (κ3) is 2.88. The molecule has 0 saturated carbocycles. The van der Waals surface area contributed by atoms with Crippen molar-refractivity contribution in [3.8, 4) is 6.07 Å². The van der Waals surface area contributed by atoms with Gasteiger partial charge in [0, 0.05) is 20.2 Å². The van der Waals surface area contributed by atoms with Gasteiger partial charge < -0.3 is 9.64 Å². The van der Waals surface area contributed by atoms with Crippen molar-refractivity contribution in [2.75, 3.05) is 20.2 Å². The smallest absolute Gasteiger partial charge is 0.227 e. The summed E-state index contributed by atoms with van der Waals surface area (Å²) in [5.74, 6) is 0.124. The monoisotopic (exact) mass is 244 g/mol. The first kappa shape index (κ1) is 12.6. The van der Waals surface area contributed by atoms with Crippen LogP contribution in [0.4, 0.5) is 0 Å². The lowest BCUT2D eigenvalue weighted by Crippen LogP contribution is -2.31. The Morgan fingerprint density at radius 3 is 2.78 bits per heavy atom. The second-order valence-electron chi connectivity index (χ2n) is 4.47. The molecule has 0 radical (unpaired) electrons. The fraction of sp³-hybridized carbons (Fsp3) is 0.429. The van der Waals surface area contributed by atoms with E-state index in [-0.39, 0.29) is 12.0 Å². The van der Waals surface area contributed by atoms with Crippen LogP contribution in [0.2, 0.25) is 0 Å². The SMILES string of the molecule is COC1CCN(C(=O)Cc2ccc(C#N)cc2)C1. The van der Waals surface area contributed by atoms with Crippen LogP contribution >= 0.6 is 0 Å². The summed E-state index contributed by atoms with van der Waals surface area (Å²) < 4.78 is 5.24. The van der Waals surface area contributed by atoms with Gasteiger partial charge >= 0.3 is 0 Å². The first-order valence-corrected chi connectivity index (χ1v) is 6.02. The van der Waals surface area contributed by atoms with Crippen molar-refractivity contribution in [1.29, 1.82) is 5.26 Å². The Balaban J connectivity index is 1.93. The first-order chi connectivity index (χ1) is 8.72. The summed E-state index contributed by atoms with van der Waals surface area (Å²) in [6.45, 7) is 1.46. The number of methoxy groups -OCH3 is 1. The number of hydrogen-bond acceptors (Lipinski definition) is 3. The molecule has 4 nitrogen and oxygen atoms in total. The molecule has 1 aliphatic rings. The lowest BCUT2D eigenvalue weighted by Gasteiger charge is -2.16. The fourth-order valence-electron chi connectivity index (χ4n) is 2.13. The molecule has 1 aromatic carbocycles. The fourth-order valence-corrected chi connectivity index (χ4v) is 2.13. The number of carbonyl (C=O) groups is 1. The van der Waals surface area contributed by atoms with Crippen LogP contribution in [-0.4, -0.2) is 37.1 Å². The third-order valence-corrected chi connectivity index (χ3v) is 3.27. The molecule has 1 aromatic rings. The zero-order chi connectivity index (χ0) is 13.0. The molecule has 0 spiro atoms. The molecule has 94 valence electrons. The molecule has 1 heterocycles. The zero-order valence-electron chi connectivity index (χ0n) is 10.4. The highest BCUT2D eigenvalue weighted by molar-refractivity contribution is 5.79. The molecule has 0 bridgehead atoms. The minimum absolute atomic E-state index is 0.124. The quantitative estimate of drug-likeness (QED) is 0.806. The summed E-state index contributed by atoms with van der Waals surface area (Å²) in [4.78, 5) is 13.9. The first-order valence-electron chi connectivity index (χ1n) is 6.02. The van der Waals surface area contributed by atoms with Crippen molar-refractivity contribution in [2.24, 2.45) is 0 Å². The van der Waals surface area contributed by atoms with Crippen LogP contribution in [-0.2, 0) is 16.0 Å². The number of carbonyl (C=O) groups excluding carboxylic acids is 1. The molecule has 0 N–H and O–H groups in total. The molecule has 1 atom stereocenters. The molecule has 1 amide bonds. The predicted molar refractivity (Wildman–Crippen MR) is 66.9 cm³/mol. The van der Waals surface area contributed by atoms with Crippen LogP contribution < -0.4 is 0 Å². The molecular weight excluding hydrogens is 228 g/mol. The maximum absolute atomic E-state index is 12.0. The maximum Gasteiger partial charge on any atom is 0.227 e. The highest BCUT2D eigenvalue weighted by Gasteiger charge is 2.25. The van der Waals surface area contributed by atoms with Crippen LogP contribution in [0, 0.1) is 11.3 Å². The Hall–Kier alpha value is -1.86. The van der Waals surface area contributed by atoms with E-state index in [0.29, 0.717) is 18.5 Å². The van der Waals surface area contributed by atoms with E-state index < -0.39 is 0 Å². The van der Waals surface area contributed by atoms with Gasteiger partial charge in [-0.05, 0) is 24.1 Å². The molecule has 1 saturated heterocycles. The molecule has 4 heteroatoms. The molecule has 1 aliphatic heterocycles. The Bertz CT molecular complexity index is 462. The topological polar surface area (TPSA) is 53.3 Å². The van der Waals surface area contributed by atoms with E-state index in [1.807, 2.05) is 17.0 Å². The Labute approximate surface area is 107 Å². The maximum atomic E-state index is 12.0. The number of nitriles is 1. The van der Waals surface area contributed by atoms with Crippen LogP contribution in [0.3, 0.4) is 0 Å². The normalized spacial score (nSPS) is 18.7. The number of ether oxygens (including phenoxy) is 1. The Morgan fingerprint density at radius 1 is 1.50 bits per heavy atom. The van der Waals surface area contributed by atoms with E-state index in [2.05, 4.69) is 6.07 Å². The van der Waals surface area contributed by atoms with E-state index in [4.69, 9.17) is 10.00 Å². The van der Waals surface area contributed by atoms with Crippen LogP contribution in [0.25, 0.3) is 0 Å². The predicted octanol–water partition coefficient (Wildman–Crippen LogP) is 1.35. The van der Waals surface area contributed by atoms with Crippen molar-refractivity contribution in [3.63, 3.8) is 0 Å². The van der Waals surface area contributed by atoms with Gasteiger partial charge in [0.25, 0.3) is 0 Å². The van der Waals surface area contributed by atoms with Crippen molar-refractivity contribution >= 4 is 5.91 Å². The van der Waals surface area contributed by atoms with Gasteiger partial charge in [-0.1, -0.05) is 12.1 Å². The van der Waals surface area contributed by atoms with Crippen LogP contribution in [0.15, 0.2) is 24.3 Å². The van der Waals surface area contributed by atoms with E-state index in [9.17, 15) is 4.79 Å². The average molecular weight is 244 g/mol. The number of amides is 1. The molecule has 18 heavy (non-hydrogen) atoms. The van der Waals surface area contributed by atoms with E-state index in [1.54, 1.807) is 19.2 Å². The lowest BCUT2D eigenvalue weighted by atomic mass is 10.1. The van der Waals surface area contributed by atoms with Crippen molar-refractivity contribution in [3.05, 3.63) is 35.4 Å². The number of hydrogen-bond donors (Lipinski definition) is 0. The van der Waals surface area contributed by atoms with Gasteiger partial charge in [-0.15, -0.1) is 0 Å². The summed E-state index contributed by atoms with van der Waals surface area (Å²) in [6.07, 6.45) is 1.48.